The molecule has 0 amide bonds. The summed E-state index contributed by atoms with van der Waals surface area (Å²) in [5.74, 6) is -0.925. The van der Waals surface area contributed by atoms with E-state index in [4.69, 9.17) is 1.37 Å². The minimum Gasteiger partial charge on any atom is -0.256 e. The van der Waals surface area contributed by atoms with Gasteiger partial charge in [-0.1, -0.05) is 33.5 Å². The molecule has 20 heavy (non-hydrogen) atoms. The van der Waals surface area contributed by atoms with E-state index in [1.165, 1.54) is 17.3 Å². The van der Waals surface area contributed by atoms with Gasteiger partial charge in [-0.25, -0.2) is 4.39 Å². The van der Waals surface area contributed by atoms with Crippen LogP contribution in [0.15, 0.2) is 36.5 Å². The van der Waals surface area contributed by atoms with Gasteiger partial charge in [-0.3, -0.25) is 4.98 Å². The van der Waals surface area contributed by atoms with Crippen LogP contribution in [0.4, 0.5) is 4.39 Å². The van der Waals surface area contributed by atoms with Crippen molar-refractivity contribution in [3.05, 3.63) is 47.9 Å². The van der Waals surface area contributed by atoms with E-state index in [-0.39, 0.29) is 5.82 Å². The molecule has 0 atom stereocenters. The van der Waals surface area contributed by atoms with Gasteiger partial charge in [0.15, 0.2) is 0 Å². The molecule has 1 nitrogen and oxygen atoms in total. The minimum atomic E-state index is -1.56. The largest absolute Gasteiger partial charge is 0.256 e. The van der Waals surface area contributed by atoms with E-state index in [1.54, 1.807) is 12.1 Å². The average molecular weight is 288 g/mol. The van der Waals surface area contributed by atoms with Crippen LogP contribution in [0.2, 0.25) is 19.6 Å². The van der Waals surface area contributed by atoms with Crippen LogP contribution in [0.3, 0.4) is 0 Å². The molecule has 0 N–H and O–H groups in total. The Hall–Kier alpha value is -1.48. The van der Waals surface area contributed by atoms with Gasteiger partial charge in [0.1, 0.15) is 5.82 Å². The summed E-state index contributed by atoms with van der Waals surface area (Å²) in [6.07, 6.45) is 1.91. The molecule has 0 radical (unpaired) electrons. The zero-order valence-corrected chi connectivity index (χ0v) is 13.8. The number of pyridine rings is 1. The third-order valence-corrected chi connectivity index (χ3v) is 5.41. The van der Waals surface area contributed by atoms with Gasteiger partial charge in [0.25, 0.3) is 0 Å². The molecule has 1 aromatic carbocycles. The normalized spacial score (nSPS) is 13.2. The topological polar surface area (TPSA) is 12.9 Å². The average Bonchev–Trinajstić information content (AvgIpc) is 2.37. The van der Waals surface area contributed by atoms with Gasteiger partial charge < -0.3 is 0 Å². The van der Waals surface area contributed by atoms with Crippen molar-refractivity contribution in [2.24, 2.45) is 0 Å². The first-order chi connectivity index (χ1) is 9.59. The van der Waals surface area contributed by atoms with Crippen molar-refractivity contribution in [1.29, 1.82) is 0 Å². The van der Waals surface area contributed by atoms with Gasteiger partial charge in [-0.05, 0) is 47.0 Å². The molecular weight excluding hydrogens is 265 g/mol. The zero-order chi connectivity index (χ0) is 15.8. The van der Waals surface area contributed by atoms with Crippen molar-refractivity contribution < 1.29 is 5.76 Å². The molecule has 0 aliphatic carbocycles. The highest BCUT2D eigenvalue weighted by Gasteiger charge is 2.22. The van der Waals surface area contributed by atoms with E-state index in [1.807, 2.05) is 26.1 Å². The van der Waals surface area contributed by atoms with Crippen LogP contribution < -0.4 is 5.19 Å². The molecule has 0 saturated carbocycles. The quantitative estimate of drug-likeness (QED) is 0.755. The highest BCUT2D eigenvalue weighted by Crippen LogP contribution is 2.23. The SMILES string of the molecule is [2H]C(C)(C)c1cc(-c2ccc(F)cc2)ncc1[Si](C)(C)C. The summed E-state index contributed by atoms with van der Waals surface area (Å²) in [5.41, 5.74) is 2.70. The van der Waals surface area contributed by atoms with E-state index in [9.17, 15) is 4.39 Å². The third-order valence-electron chi connectivity index (χ3n) is 3.39. The fourth-order valence-corrected chi connectivity index (χ4v) is 3.83. The Bertz CT molecular complexity index is 639. The first-order valence-electron chi connectivity index (χ1n) is 7.36. The van der Waals surface area contributed by atoms with Crippen LogP contribution >= 0.6 is 0 Å². The Morgan fingerprint density at radius 3 is 2.25 bits per heavy atom. The molecule has 0 saturated heterocycles. The molecule has 0 aliphatic heterocycles. The smallest absolute Gasteiger partial charge is 0.123 e. The Kier molecular flexibility index (Phi) is 3.70. The third kappa shape index (κ3) is 3.15. The van der Waals surface area contributed by atoms with E-state index < -0.39 is 14.0 Å². The maximum atomic E-state index is 13.0. The number of nitrogens with zero attached hydrogens (tertiary/aromatic N) is 1. The molecule has 1 aromatic heterocycles. The van der Waals surface area contributed by atoms with Gasteiger partial charge in [0.05, 0.1) is 13.8 Å². The molecule has 0 unspecified atom stereocenters. The monoisotopic (exact) mass is 288 g/mol. The van der Waals surface area contributed by atoms with Gasteiger partial charge >= 0.3 is 0 Å². The summed E-state index contributed by atoms with van der Waals surface area (Å²) in [6.45, 7) is 10.6. The van der Waals surface area contributed by atoms with E-state index >= 15 is 0 Å². The highest BCUT2D eigenvalue weighted by atomic mass is 28.3. The first kappa shape index (κ1) is 13.5. The maximum absolute atomic E-state index is 13.0. The van der Waals surface area contributed by atoms with Crippen molar-refractivity contribution in [2.75, 3.05) is 0 Å². The van der Waals surface area contributed by atoms with Crippen molar-refractivity contribution in [2.45, 2.75) is 39.4 Å². The summed E-state index contributed by atoms with van der Waals surface area (Å²) >= 11 is 0. The molecule has 0 aliphatic rings. The lowest BCUT2D eigenvalue weighted by Crippen LogP contribution is -2.40. The number of aromatic nitrogens is 1. The number of hydrogen-bond acceptors (Lipinski definition) is 1. The van der Waals surface area contributed by atoms with Crippen LogP contribution in [-0.2, 0) is 0 Å². The molecule has 106 valence electrons. The van der Waals surface area contributed by atoms with Crippen molar-refractivity contribution >= 4 is 13.3 Å². The number of rotatable bonds is 3. The standard InChI is InChI=1S/C17H22FNSi/c1-12(2)15-10-16(13-6-8-14(18)9-7-13)19-11-17(15)20(3,4)5/h6-12H,1-5H3/i12D. The predicted octanol–water partition coefficient (Wildman–Crippen LogP) is 4.56. The van der Waals surface area contributed by atoms with E-state index in [0.29, 0.717) is 0 Å². The van der Waals surface area contributed by atoms with Crippen LogP contribution in [-0.4, -0.2) is 13.1 Å². The number of benzene rings is 1. The molecule has 2 rings (SSSR count). The van der Waals surface area contributed by atoms with Gasteiger partial charge in [0, 0.05) is 13.1 Å². The summed E-state index contributed by atoms with van der Waals surface area (Å²) < 4.78 is 21.5. The molecular formula is C17H22FNSi. The summed E-state index contributed by atoms with van der Waals surface area (Å²) in [5, 5.41) is 1.22. The number of halogens is 1. The fraction of sp³-hybridized carbons (Fsp3) is 0.353. The van der Waals surface area contributed by atoms with Crippen molar-refractivity contribution in [1.82, 2.24) is 4.98 Å². The summed E-state index contributed by atoms with van der Waals surface area (Å²) in [6, 6.07) is 8.33. The zero-order valence-electron chi connectivity index (χ0n) is 13.8. The van der Waals surface area contributed by atoms with Crippen LogP contribution in [0, 0.1) is 5.82 Å². The van der Waals surface area contributed by atoms with Gasteiger partial charge in [-0.15, -0.1) is 0 Å². The minimum absolute atomic E-state index is 0.251. The maximum Gasteiger partial charge on any atom is 0.123 e. The second-order valence-electron chi connectivity index (χ2n) is 6.37. The van der Waals surface area contributed by atoms with Crippen LogP contribution in [0.25, 0.3) is 11.3 Å². The Labute approximate surface area is 123 Å². The predicted molar refractivity (Wildman–Crippen MR) is 86.7 cm³/mol. The molecule has 0 fully saturated rings. The molecule has 0 bridgehead atoms. The van der Waals surface area contributed by atoms with Gasteiger partial charge in [0.2, 0.25) is 0 Å². The summed E-state index contributed by atoms with van der Waals surface area (Å²) in [4.78, 5) is 4.55. The lowest BCUT2D eigenvalue weighted by Gasteiger charge is -2.23. The van der Waals surface area contributed by atoms with Crippen molar-refractivity contribution in [3.8, 4) is 11.3 Å². The van der Waals surface area contributed by atoms with Gasteiger partial charge in [-0.2, -0.15) is 0 Å². The van der Waals surface area contributed by atoms with E-state index in [0.717, 1.165) is 16.8 Å². The Morgan fingerprint density at radius 1 is 1.15 bits per heavy atom. The molecule has 3 heteroatoms. The molecule has 1 heterocycles. The first-order valence-corrected chi connectivity index (χ1v) is 10.4. The second-order valence-corrected chi connectivity index (χ2v) is 11.4. The lowest BCUT2D eigenvalue weighted by atomic mass is 10.0. The van der Waals surface area contributed by atoms with Crippen molar-refractivity contribution in [3.63, 3.8) is 0 Å². The van der Waals surface area contributed by atoms with Crippen LogP contribution in [0.1, 0.15) is 26.7 Å². The molecule has 0 spiro atoms. The highest BCUT2D eigenvalue weighted by molar-refractivity contribution is 6.89. The van der Waals surface area contributed by atoms with Crippen LogP contribution in [0.5, 0.6) is 0 Å². The lowest BCUT2D eigenvalue weighted by molar-refractivity contribution is 0.628. The van der Waals surface area contributed by atoms with E-state index in [2.05, 4.69) is 24.6 Å². The number of hydrogen-bond donors (Lipinski definition) is 0. The second kappa shape index (κ2) is 5.48. The molecule has 2 aromatic rings. The Balaban J connectivity index is 2.60. The fourth-order valence-electron chi connectivity index (χ4n) is 2.25. The summed E-state index contributed by atoms with van der Waals surface area (Å²) in [7, 11) is -1.56. The Morgan fingerprint density at radius 2 is 1.75 bits per heavy atom.